The highest BCUT2D eigenvalue weighted by Gasteiger charge is 2.13. The van der Waals surface area contributed by atoms with Crippen LogP contribution in [0.15, 0.2) is 72.1 Å². The summed E-state index contributed by atoms with van der Waals surface area (Å²) in [6, 6.07) is 17.4. The van der Waals surface area contributed by atoms with Crippen molar-refractivity contribution in [1.29, 1.82) is 0 Å². The summed E-state index contributed by atoms with van der Waals surface area (Å²) in [6.45, 7) is 2.70. The van der Waals surface area contributed by atoms with E-state index in [-0.39, 0.29) is 5.56 Å². The molecule has 0 saturated heterocycles. The number of thioether (sulfide) groups is 1. The zero-order valence-electron chi connectivity index (χ0n) is 15.4. The number of benzene rings is 2. The van der Waals surface area contributed by atoms with Crippen molar-refractivity contribution < 1.29 is 9.90 Å². The topological polar surface area (TPSA) is 68.0 Å². The monoisotopic (exact) mass is 389 g/mol. The van der Waals surface area contributed by atoms with Crippen molar-refractivity contribution in [2.24, 2.45) is 0 Å². The third kappa shape index (κ3) is 3.92. The molecule has 4 aromatic rings. The number of hydrogen-bond acceptors (Lipinski definition) is 4. The number of imidazole rings is 1. The standard InChI is InChI=1S/C22H19N3O2S/c1-15-3-2-4-17(11-15)14-28-22-24-19-9-10-23-12-20(19)25(22)13-16-5-7-18(8-6-16)21(26)27/h2-12H,13-14H2,1H3,(H,26,27). The molecule has 0 spiro atoms. The zero-order chi connectivity index (χ0) is 19.5. The molecule has 0 fully saturated rings. The van der Waals surface area contributed by atoms with Gasteiger partial charge in [-0.2, -0.15) is 0 Å². The number of rotatable bonds is 6. The van der Waals surface area contributed by atoms with Crippen molar-refractivity contribution in [3.05, 3.63) is 89.2 Å². The lowest BCUT2D eigenvalue weighted by molar-refractivity contribution is 0.0697. The van der Waals surface area contributed by atoms with Crippen molar-refractivity contribution in [2.45, 2.75) is 24.4 Å². The number of carboxylic acid groups (broad SMARTS) is 1. The van der Waals surface area contributed by atoms with E-state index in [2.05, 4.69) is 40.7 Å². The third-order valence-electron chi connectivity index (χ3n) is 4.51. The van der Waals surface area contributed by atoms with Gasteiger partial charge in [0.15, 0.2) is 5.16 Å². The summed E-state index contributed by atoms with van der Waals surface area (Å²) < 4.78 is 2.14. The highest BCUT2D eigenvalue weighted by molar-refractivity contribution is 7.98. The minimum atomic E-state index is -0.918. The Bertz CT molecular complexity index is 1140. The van der Waals surface area contributed by atoms with Crippen LogP contribution < -0.4 is 0 Å². The Balaban J connectivity index is 1.64. The number of aryl methyl sites for hydroxylation is 1. The van der Waals surface area contributed by atoms with Crippen molar-refractivity contribution in [3.63, 3.8) is 0 Å². The summed E-state index contributed by atoms with van der Waals surface area (Å²) in [4.78, 5) is 20.1. The number of carbonyl (C=O) groups is 1. The van der Waals surface area contributed by atoms with Crippen LogP contribution in [0.3, 0.4) is 0 Å². The van der Waals surface area contributed by atoms with Crippen LogP contribution in [0.2, 0.25) is 0 Å². The Labute approximate surface area is 167 Å². The summed E-state index contributed by atoms with van der Waals surface area (Å²) in [5, 5.41) is 10.0. The van der Waals surface area contributed by atoms with Gasteiger partial charge in [0.2, 0.25) is 0 Å². The molecule has 140 valence electrons. The van der Waals surface area contributed by atoms with Crippen LogP contribution in [-0.2, 0) is 12.3 Å². The molecule has 0 saturated carbocycles. The first-order valence-electron chi connectivity index (χ1n) is 8.91. The van der Waals surface area contributed by atoms with E-state index in [4.69, 9.17) is 10.1 Å². The summed E-state index contributed by atoms with van der Waals surface area (Å²) in [7, 11) is 0. The molecule has 4 rings (SSSR count). The summed E-state index contributed by atoms with van der Waals surface area (Å²) in [5.74, 6) is -0.0886. The molecular formula is C22H19N3O2S. The molecule has 2 heterocycles. The SMILES string of the molecule is Cc1cccc(CSc2nc3ccncc3n2Cc2ccc(C(=O)O)cc2)c1. The van der Waals surface area contributed by atoms with Gasteiger partial charge in [-0.05, 0) is 36.2 Å². The lowest BCUT2D eigenvalue weighted by atomic mass is 10.1. The molecule has 0 bridgehead atoms. The first-order chi connectivity index (χ1) is 13.6. The summed E-state index contributed by atoms with van der Waals surface area (Å²) in [5.41, 5.74) is 5.68. The Morgan fingerprint density at radius 2 is 1.93 bits per heavy atom. The summed E-state index contributed by atoms with van der Waals surface area (Å²) in [6.07, 6.45) is 3.57. The van der Waals surface area contributed by atoms with Crippen molar-refractivity contribution in [1.82, 2.24) is 14.5 Å². The largest absolute Gasteiger partial charge is 0.478 e. The molecule has 0 amide bonds. The fourth-order valence-corrected chi connectivity index (χ4v) is 4.05. The molecule has 0 aliphatic carbocycles. The Morgan fingerprint density at radius 1 is 1.11 bits per heavy atom. The number of pyridine rings is 1. The molecule has 0 radical (unpaired) electrons. The molecular weight excluding hydrogens is 370 g/mol. The third-order valence-corrected chi connectivity index (χ3v) is 5.56. The van der Waals surface area contributed by atoms with Crippen LogP contribution in [-0.4, -0.2) is 25.6 Å². The van der Waals surface area contributed by atoms with Gasteiger partial charge in [0, 0.05) is 11.9 Å². The number of aromatic nitrogens is 3. The van der Waals surface area contributed by atoms with Crippen LogP contribution in [0.25, 0.3) is 11.0 Å². The maximum absolute atomic E-state index is 11.1. The first kappa shape index (κ1) is 18.3. The highest BCUT2D eigenvalue weighted by atomic mass is 32.2. The van der Waals surface area contributed by atoms with E-state index in [9.17, 15) is 4.79 Å². The van der Waals surface area contributed by atoms with Gasteiger partial charge < -0.3 is 9.67 Å². The summed E-state index contributed by atoms with van der Waals surface area (Å²) >= 11 is 1.69. The van der Waals surface area contributed by atoms with Gasteiger partial charge in [0.25, 0.3) is 0 Å². The second kappa shape index (κ2) is 7.86. The van der Waals surface area contributed by atoms with E-state index in [1.54, 1.807) is 30.1 Å². The molecule has 2 aromatic carbocycles. The fourth-order valence-electron chi connectivity index (χ4n) is 3.10. The normalized spacial score (nSPS) is 11.0. The van der Waals surface area contributed by atoms with Crippen LogP contribution >= 0.6 is 11.8 Å². The van der Waals surface area contributed by atoms with Gasteiger partial charge in [-0.1, -0.05) is 53.7 Å². The average molecular weight is 389 g/mol. The quantitative estimate of drug-likeness (QED) is 0.481. The van der Waals surface area contributed by atoms with E-state index >= 15 is 0 Å². The predicted molar refractivity (Wildman–Crippen MR) is 111 cm³/mol. The van der Waals surface area contributed by atoms with E-state index in [1.807, 2.05) is 24.4 Å². The smallest absolute Gasteiger partial charge is 0.335 e. The number of nitrogens with zero attached hydrogens (tertiary/aromatic N) is 3. The molecule has 0 aliphatic rings. The Hall–Kier alpha value is -3.12. The molecule has 0 aliphatic heterocycles. The molecule has 0 unspecified atom stereocenters. The fraction of sp³-hybridized carbons (Fsp3) is 0.136. The van der Waals surface area contributed by atoms with Crippen LogP contribution in [0.5, 0.6) is 0 Å². The second-order valence-corrected chi connectivity index (χ2v) is 7.57. The second-order valence-electron chi connectivity index (χ2n) is 6.62. The van der Waals surface area contributed by atoms with Gasteiger partial charge in [0.05, 0.1) is 29.3 Å². The minimum absolute atomic E-state index is 0.287. The van der Waals surface area contributed by atoms with Gasteiger partial charge in [-0.25, -0.2) is 9.78 Å². The minimum Gasteiger partial charge on any atom is -0.478 e. The van der Waals surface area contributed by atoms with Crippen LogP contribution in [0, 0.1) is 6.92 Å². The van der Waals surface area contributed by atoms with Crippen LogP contribution in [0.1, 0.15) is 27.0 Å². The van der Waals surface area contributed by atoms with Gasteiger partial charge in [-0.3, -0.25) is 4.98 Å². The van der Waals surface area contributed by atoms with Crippen LogP contribution in [0.4, 0.5) is 0 Å². The lowest BCUT2D eigenvalue weighted by Gasteiger charge is -2.10. The highest BCUT2D eigenvalue weighted by Crippen LogP contribution is 2.27. The number of carboxylic acids is 1. The van der Waals surface area contributed by atoms with Gasteiger partial charge >= 0.3 is 5.97 Å². The molecule has 1 N–H and O–H groups in total. The average Bonchev–Trinajstić information content (AvgIpc) is 3.04. The Kier molecular flexibility index (Phi) is 5.12. The van der Waals surface area contributed by atoms with Crippen molar-refractivity contribution >= 4 is 28.8 Å². The van der Waals surface area contributed by atoms with Gasteiger partial charge in [0.1, 0.15) is 0 Å². The zero-order valence-corrected chi connectivity index (χ0v) is 16.2. The number of hydrogen-bond donors (Lipinski definition) is 1. The van der Waals surface area contributed by atoms with E-state index in [1.165, 1.54) is 11.1 Å². The van der Waals surface area contributed by atoms with Crippen molar-refractivity contribution in [2.75, 3.05) is 0 Å². The molecule has 6 heteroatoms. The Morgan fingerprint density at radius 3 is 2.68 bits per heavy atom. The van der Waals surface area contributed by atoms with E-state index < -0.39 is 5.97 Å². The molecule has 5 nitrogen and oxygen atoms in total. The van der Waals surface area contributed by atoms with E-state index in [0.29, 0.717) is 6.54 Å². The number of aromatic carboxylic acids is 1. The van der Waals surface area contributed by atoms with Crippen molar-refractivity contribution in [3.8, 4) is 0 Å². The lowest BCUT2D eigenvalue weighted by Crippen LogP contribution is -2.03. The number of fused-ring (bicyclic) bond motifs is 1. The van der Waals surface area contributed by atoms with Gasteiger partial charge in [-0.15, -0.1) is 0 Å². The first-order valence-corrected chi connectivity index (χ1v) is 9.89. The van der Waals surface area contributed by atoms with E-state index in [0.717, 1.165) is 27.5 Å². The maximum atomic E-state index is 11.1. The molecule has 28 heavy (non-hydrogen) atoms. The molecule has 0 atom stereocenters. The molecule has 2 aromatic heterocycles. The predicted octanol–water partition coefficient (Wildman–Crippen LogP) is 4.78. The maximum Gasteiger partial charge on any atom is 0.335 e.